The maximum Gasteiger partial charge on any atom is 0.217 e. The molecule has 1 aromatic rings. The summed E-state index contributed by atoms with van der Waals surface area (Å²) >= 11 is 0. The minimum Gasteiger partial charge on any atom is -0.425 e. The van der Waals surface area contributed by atoms with Crippen molar-refractivity contribution in [1.82, 2.24) is 15.5 Å². The highest BCUT2D eigenvalue weighted by Gasteiger charge is 2.24. The summed E-state index contributed by atoms with van der Waals surface area (Å²) in [6.07, 6.45) is 4.46. The van der Waals surface area contributed by atoms with Crippen LogP contribution in [0.2, 0.25) is 0 Å². The fourth-order valence-corrected chi connectivity index (χ4v) is 1.51. The van der Waals surface area contributed by atoms with Gasteiger partial charge < -0.3 is 9.73 Å². The van der Waals surface area contributed by atoms with Crippen molar-refractivity contribution in [2.45, 2.75) is 45.6 Å². The zero-order chi connectivity index (χ0) is 10.7. The lowest BCUT2D eigenvalue weighted by Crippen LogP contribution is -2.25. The molecule has 84 valence electrons. The molecule has 4 heteroatoms. The van der Waals surface area contributed by atoms with Gasteiger partial charge in [-0.15, -0.1) is 10.2 Å². The van der Waals surface area contributed by atoms with Crippen LogP contribution in [-0.2, 0) is 12.8 Å². The Balaban J connectivity index is 1.73. The summed E-state index contributed by atoms with van der Waals surface area (Å²) in [5, 5.41) is 11.4. The van der Waals surface area contributed by atoms with E-state index in [2.05, 4.69) is 29.4 Å². The molecule has 1 N–H and O–H groups in total. The first-order valence-corrected chi connectivity index (χ1v) is 5.78. The van der Waals surface area contributed by atoms with Crippen LogP contribution in [0, 0.1) is 5.92 Å². The van der Waals surface area contributed by atoms with Gasteiger partial charge >= 0.3 is 0 Å². The zero-order valence-corrected chi connectivity index (χ0v) is 9.49. The molecule has 0 spiro atoms. The van der Waals surface area contributed by atoms with Gasteiger partial charge in [0.05, 0.1) is 0 Å². The first-order valence-electron chi connectivity index (χ1n) is 5.78. The number of aromatic nitrogens is 2. The Morgan fingerprint density at radius 2 is 2.07 bits per heavy atom. The highest BCUT2D eigenvalue weighted by molar-refractivity contribution is 4.88. The molecule has 1 heterocycles. The van der Waals surface area contributed by atoms with Crippen molar-refractivity contribution >= 4 is 0 Å². The summed E-state index contributed by atoms with van der Waals surface area (Å²) < 4.78 is 5.55. The van der Waals surface area contributed by atoms with Crippen molar-refractivity contribution in [2.75, 3.05) is 6.54 Å². The maximum absolute atomic E-state index is 5.55. The number of hydrogen-bond acceptors (Lipinski definition) is 4. The predicted octanol–water partition coefficient (Wildman–Crippen LogP) is 1.56. The van der Waals surface area contributed by atoms with E-state index >= 15 is 0 Å². The van der Waals surface area contributed by atoms with E-state index in [4.69, 9.17) is 4.42 Å². The largest absolute Gasteiger partial charge is 0.425 e. The summed E-state index contributed by atoms with van der Waals surface area (Å²) in [7, 11) is 0. The van der Waals surface area contributed by atoms with Crippen LogP contribution in [0.15, 0.2) is 4.42 Å². The average Bonchev–Trinajstić information content (AvgIpc) is 2.86. The highest BCUT2D eigenvalue weighted by Crippen LogP contribution is 2.32. The molecule has 0 unspecified atom stereocenters. The van der Waals surface area contributed by atoms with Gasteiger partial charge in [0, 0.05) is 25.4 Å². The number of rotatable bonds is 6. The van der Waals surface area contributed by atoms with Crippen LogP contribution in [0.1, 0.15) is 38.5 Å². The Bertz CT molecular complexity index is 305. The molecule has 0 aliphatic heterocycles. The van der Waals surface area contributed by atoms with Crippen molar-refractivity contribution in [3.8, 4) is 0 Å². The molecule has 0 amide bonds. The molecule has 1 aromatic heterocycles. The fraction of sp³-hybridized carbons (Fsp3) is 0.818. The van der Waals surface area contributed by atoms with E-state index in [0.29, 0.717) is 6.04 Å². The first-order chi connectivity index (χ1) is 7.24. The number of hydrogen-bond donors (Lipinski definition) is 1. The van der Waals surface area contributed by atoms with Crippen LogP contribution in [0.4, 0.5) is 0 Å². The Morgan fingerprint density at radius 1 is 1.33 bits per heavy atom. The SMILES string of the molecule is CC(C)NCCc1nnc(CC2CC2)o1. The summed E-state index contributed by atoms with van der Waals surface area (Å²) in [6, 6.07) is 0.513. The molecule has 4 nitrogen and oxygen atoms in total. The molecule has 1 saturated carbocycles. The van der Waals surface area contributed by atoms with Crippen molar-refractivity contribution < 1.29 is 4.42 Å². The summed E-state index contributed by atoms with van der Waals surface area (Å²) in [4.78, 5) is 0. The third-order valence-corrected chi connectivity index (χ3v) is 2.56. The standard InChI is InChI=1S/C11H19N3O/c1-8(2)12-6-5-10-13-14-11(15-10)7-9-3-4-9/h8-9,12H,3-7H2,1-2H3. The molecule has 2 rings (SSSR count). The van der Waals surface area contributed by atoms with Crippen molar-refractivity contribution in [3.63, 3.8) is 0 Å². The molecule has 15 heavy (non-hydrogen) atoms. The number of nitrogens with one attached hydrogen (secondary N) is 1. The van der Waals surface area contributed by atoms with E-state index in [-0.39, 0.29) is 0 Å². The lowest BCUT2D eigenvalue weighted by atomic mass is 10.3. The van der Waals surface area contributed by atoms with Crippen LogP contribution in [-0.4, -0.2) is 22.8 Å². The first kappa shape index (κ1) is 10.6. The van der Waals surface area contributed by atoms with Gasteiger partial charge in [0.15, 0.2) is 0 Å². The number of nitrogens with zero attached hydrogens (tertiary/aromatic N) is 2. The third kappa shape index (κ3) is 3.63. The van der Waals surface area contributed by atoms with Crippen molar-refractivity contribution in [1.29, 1.82) is 0 Å². The van der Waals surface area contributed by atoms with E-state index in [0.717, 1.165) is 37.1 Å². The van der Waals surface area contributed by atoms with Gasteiger partial charge in [0.2, 0.25) is 11.8 Å². The monoisotopic (exact) mass is 209 g/mol. The van der Waals surface area contributed by atoms with Crippen LogP contribution in [0.5, 0.6) is 0 Å². The van der Waals surface area contributed by atoms with Gasteiger partial charge in [-0.05, 0) is 18.8 Å². The molecule has 0 atom stereocenters. The minimum atomic E-state index is 0.513. The van der Waals surface area contributed by atoms with E-state index in [9.17, 15) is 0 Å². The van der Waals surface area contributed by atoms with Crippen LogP contribution < -0.4 is 5.32 Å². The highest BCUT2D eigenvalue weighted by atomic mass is 16.4. The van der Waals surface area contributed by atoms with Crippen molar-refractivity contribution in [2.24, 2.45) is 5.92 Å². The van der Waals surface area contributed by atoms with Gasteiger partial charge in [-0.3, -0.25) is 0 Å². The molecular weight excluding hydrogens is 190 g/mol. The summed E-state index contributed by atoms with van der Waals surface area (Å²) in [5.41, 5.74) is 0. The minimum absolute atomic E-state index is 0.513. The molecule has 1 aliphatic rings. The lowest BCUT2D eigenvalue weighted by Gasteiger charge is -2.04. The Labute approximate surface area is 90.5 Å². The van der Waals surface area contributed by atoms with E-state index in [1.165, 1.54) is 12.8 Å². The van der Waals surface area contributed by atoms with Gasteiger partial charge in [-0.2, -0.15) is 0 Å². The predicted molar refractivity (Wildman–Crippen MR) is 57.6 cm³/mol. The normalized spacial score (nSPS) is 16.2. The second kappa shape index (κ2) is 4.75. The molecule has 1 fully saturated rings. The molecule has 0 bridgehead atoms. The topological polar surface area (TPSA) is 51.0 Å². The molecule has 1 aliphatic carbocycles. The van der Waals surface area contributed by atoms with Gasteiger partial charge in [0.1, 0.15) is 0 Å². The maximum atomic E-state index is 5.55. The second-order valence-electron chi connectivity index (χ2n) is 4.60. The third-order valence-electron chi connectivity index (χ3n) is 2.56. The smallest absolute Gasteiger partial charge is 0.217 e. The van der Waals surface area contributed by atoms with Gasteiger partial charge in [-0.1, -0.05) is 13.8 Å². The van der Waals surface area contributed by atoms with Crippen molar-refractivity contribution in [3.05, 3.63) is 11.8 Å². The quantitative estimate of drug-likeness (QED) is 0.772. The summed E-state index contributed by atoms with van der Waals surface area (Å²) in [5.74, 6) is 2.39. The van der Waals surface area contributed by atoms with Crippen LogP contribution in [0.3, 0.4) is 0 Å². The average molecular weight is 209 g/mol. The Kier molecular flexibility index (Phi) is 3.36. The lowest BCUT2D eigenvalue weighted by molar-refractivity contribution is 0.432. The fourth-order valence-electron chi connectivity index (χ4n) is 1.51. The molecule has 0 aromatic carbocycles. The molecule has 0 radical (unpaired) electrons. The molecule has 0 saturated heterocycles. The van der Waals surface area contributed by atoms with Gasteiger partial charge in [0.25, 0.3) is 0 Å². The van der Waals surface area contributed by atoms with E-state index < -0.39 is 0 Å². The van der Waals surface area contributed by atoms with Crippen LogP contribution in [0.25, 0.3) is 0 Å². The van der Waals surface area contributed by atoms with Crippen LogP contribution >= 0.6 is 0 Å². The molecular formula is C11H19N3O. The van der Waals surface area contributed by atoms with Gasteiger partial charge in [-0.25, -0.2) is 0 Å². The second-order valence-corrected chi connectivity index (χ2v) is 4.60. The Morgan fingerprint density at radius 3 is 2.73 bits per heavy atom. The van der Waals surface area contributed by atoms with E-state index in [1.807, 2.05) is 0 Å². The zero-order valence-electron chi connectivity index (χ0n) is 9.49. The van der Waals surface area contributed by atoms with E-state index in [1.54, 1.807) is 0 Å². The summed E-state index contributed by atoms with van der Waals surface area (Å²) in [6.45, 7) is 5.17. The Hall–Kier alpha value is -0.900.